The molecule has 1 fully saturated rings. The average Bonchev–Trinajstić information content (AvgIpc) is 2.68. The van der Waals surface area contributed by atoms with E-state index in [1.807, 2.05) is 6.07 Å². The Bertz CT molecular complexity index is 792. The third-order valence-electron chi connectivity index (χ3n) is 6.47. The molecule has 1 aliphatic heterocycles. The molecule has 0 saturated heterocycles. The molecular formula is C25H37NO5. The topological polar surface area (TPSA) is 65.1 Å². The maximum Gasteiger partial charge on any atom is 0.308 e. The Morgan fingerprint density at radius 3 is 2.61 bits per heavy atom. The van der Waals surface area contributed by atoms with Crippen molar-refractivity contribution in [3.05, 3.63) is 17.7 Å². The van der Waals surface area contributed by atoms with Gasteiger partial charge in [-0.1, -0.05) is 19.8 Å². The van der Waals surface area contributed by atoms with Crippen LogP contribution in [0.5, 0.6) is 11.5 Å². The number of fused-ring (bicyclic) bond motifs is 3. The molecule has 0 spiro atoms. The highest BCUT2D eigenvalue weighted by atomic mass is 16.5. The van der Waals surface area contributed by atoms with Crippen molar-refractivity contribution in [2.45, 2.75) is 90.8 Å². The van der Waals surface area contributed by atoms with Gasteiger partial charge in [0.05, 0.1) is 6.10 Å². The molecule has 31 heavy (non-hydrogen) atoms. The first-order chi connectivity index (χ1) is 14.8. The molecule has 0 N–H and O–H groups in total. The van der Waals surface area contributed by atoms with Crippen LogP contribution in [0.3, 0.4) is 0 Å². The zero-order valence-electron chi connectivity index (χ0n) is 19.6. The number of ether oxygens (including phenoxy) is 3. The molecule has 1 saturated carbocycles. The van der Waals surface area contributed by atoms with E-state index in [4.69, 9.17) is 14.2 Å². The molecule has 4 atom stereocenters. The van der Waals surface area contributed by atoms with Gasteiger partial charge in [0.25, 0.3) is 0 Å². The Morgan fingerprint density at radius 1 is 1.16 bits per heavy atom. The van der Waals surface area contributed by atoms with Crippen LogP contribution in [-0.4, -0.2) is 37.7 Å². The van der Waals surface area contributed by atoms with E-state index in [9.17, 15) is 9.59 Å². The van der Waals surface area contributed by atoms with Gasteiger partial charge in [-0.15, -0.1) is 0 Å². The summed E-state index contributed by atoms with van der Waals surface area (Å²) >= 11 is 0. The van der Waals surface area contributed by atoms with Crippen LogP contribution in [0.4, 0.5) is 5.69 Å². The zero-order chi connectivity index (χ0) is 22.5. The van der Waals surface area contributed by atoms with Gasteiger partial charge >= 0.3 is 11.9 Å². The van der Waals surface area contributed by atoms with Crippen molar-refractivity contribution in [2.75, 3.05) is 18.5 Å². The fourth-order valence-corrected chi connectivity index (χ4v) is 5.11. The van der Waals surface area contributed by atoms with Gasteiger partial charge in [0.15, 0.2) is 0 Å². The van der Waals surface area contributed by atoms with Crippen molar-refractivity contribution in [1.29, 1.82) is 0 Å². The number of anilines is 1. The second-order valence-electron chi connectivity index (χ2n) is 9.16. The van der Waals surface area contributed by atoms with Crippen molar-refractivity contribution >= 4 is 17.6 Å². The summed E-state index contributed by atoms with van der Waals surface area (Å²) in [5, 5.41) is 0. The fraction of sp³-hybridized carbons (Fsp3) is 0.680. The monoisotopic (exact) mass is 431 g/mol. The summed E-state index contributed by atoms with van der Waals surface area (Å²) in [5.41, 5.74) is 2.08. The number of rotatable bonds is 8. The quantitative estimate of drug-likeness (QED) is 0.319. The van der Waals surface area contributed by atoms with Gasteiger partial charge in [0.2, 0.25) is 0 Å². The minimum Gasteiger partial charge on any atom is -0.491 e. The first-order valence-electron chi connectivity index (χ1n) is 11.7. The standard InChI is InChI=1S/C25H37NO5/c1-6-7-8-9-16(2)29-21-13-23-25(24(14-21)31-18(4)28)22-12-20(30-17(3)27)11-10-19(22)15-26(23)5/h13-14,16,19-20,22H,6-12,15H2,1-5H3/t16?,19-,20?,22+/m0/s1. The Balaban J connectivity index is 1.91. The smallest absolute Gasteiger partial charge is 0.308 e. The van der Waals surface area contributed by atoms with E-state index in [1.165, 1.54) is 26.7 Å². The fourth-order valence-electron chi connectivity index (χ4n) is 5.11. The zero-order valence-corrected chi connectivity index (χ0v) is 19.6. The number of esters is 2. The second kappa shape index (κ2) is 10.4. The predicted octanol–water partition coefficient (Wildman–Crippen LogP) is 5.22. The van der Waals surface area contributed by atoms with E-state index in [0.29, 0.717) is 11.7 Å². The molecule has 3 rings (SSSR count). The lowest BCUT2D eigenvalue weighted by Crippen LogP contribution is -2.40. The van der Waals surface area contributed by atoms with Crippen LogP contribution in [0, 0.1) is 5.92 Å². The van der Waals surface area contributed by atoms with Crippen molar-refractivity contribution in [2.24, 2.45) is 5.92 Å². The Hall–Kier alpha value is -2.24. The molecular weight excluding hydrogens is 394 g/mol. The van der Waals surface area contributed by atoms with Crippen molar-refractivity contribution < 1.29 is 23.8 Å². The Kier molecular flexibility index (Phi) is 7.84. The lowest BCUT2D eigenvalue weighted by molar-refractivity contribution is -0.148. The summed E-state index contributed by atoms with van der Waals surface area (Å²) in [6, 6.07) is 3.94. The maximum absolute atomic E-state index is 11.9. The van der Waals surface area contributed by atoms with Gasteiger partial charge in [-0.05, 0) is 50.9 Å². The predicted molar refractivity (Wildman–Crippen MR) is 121 cm³/mol. The molecule has 0 amide bonds. The van der Waals surface area contributed by atoms with E-state index >= 15 is 0 Å². The lowest BCUT2D eigenvalue weighted by atomic mass is 9.71. The summed E-state index contributed by atoms with van der Waals surface area (Å²) in [6.07, 6.45) is 7.15. The SMILES string of the molecule is CCCCCC(C)Oc1cc(OC(C)=O)c2c(c1)N(C)C[C@@H]1CCC(OC(C)=O)C[C@@H]21. The van der Waals surface area contributed by atoms with E-state index in [2.05, 4.69) is 31.9 Å². The molecule has 2 unspecified atom stereocenters. The van der Waals surface area contributed by atoms with Gasteiger partial charge in [-0.3, -0.25) is 9.59 Å². The summed E-state index contributed by atoms with van der Waals surface area (Å²) in [7, 11) is 2.08. The number of carbonyl (C=O) groups is 2. The average molecular weight is 432 g/mol. The van der Waals surface area contributed by atoms with E-state index in [-0.39, 0.29) is 30.1 Å². The highest BCUT2D eigenvalue weighted by Gasteiger charge is 2.40. The van der Waals surface area contributed by atoms with Gasteiger partial charge in [0, 0.05) is 50.8 Å². The first-order valence-corrected chi connectivity index (χ1v) is 11.7. The Morgan fingerprint density at radius 2 is 1.94 bits per heavy atom. The number of carbonyl (C=O) groups excluding carboxylic acids is 2. The molecule has 2 aliphatic rings. The molecule has 1 aromatic carbocycles. The highest BCUT2D eigenvalue weighted by molar-refractivity contribution is 5.74. The van der Waals surface area contributed by atoms with Crippen LogP contribution in [0.25, 0.3) is 0 Å². The van der Waals surface area contributed by atoms with Gasteiger partial charge in [0.1, 0.15) is 17.6 Å². The third kappa shape index (κ3) is 5.92. The van der Waals surface area contributed by atoms with Gasteiger partial charge in [-0.25, -0.2) is 0 Å². The maximum atomic E-state index is 11.9. The molecule has 6 nitrogen and oxygen atoms in total. The summed E-state index contributed by atoms with van der Waals surface area (Å²) < 4.78 is 17.5. The number of unbranched alkanes of at least 4 members (excludes halogenated alkanes) is 2. The lowest BCUT2D eigenvalue weighted by Gasteiger charge is -2.44. The number of benzene rings is 1. The van der Waals surface area contributed by atoms with Crippen LogP contribution >= 0.6 is 0 Å². The van der Waals surface area contributed by atoms with Crippen LogP contribution in [0.2, 0.25) is 0 Å². The van der Waals surface area contributed by atoms with Gasteiger partial charge in [-0.2, -0.15) is 0 Å². The third-order valence-corrected chi connectivity index (χ3v) is 6.47. The molecule has 1 heterocycles. The molecule has 0 aromatic heterocycles. The van der Waals surface area contributed by atoms with Gasteiger partial charge < -0.3 is 19.1 Å². The minimum absolute atomic E-state index is 0.0882. The second-order valence-corrected chi connectivity index (χ2v) is 9.16. The largest absolute Gasteiger partial charge is 0.491 e. The van der Waals surface area contributed by atoms with Crippen LogP contribution in [0.1, 0.15) is 84.1 Å². The summed E-state index contributed by atoms with van der Waals surface area (Å²) in [5.74, 6) is 1.36. The molecule has 1 aliphatic carbocycles. The molecule has 1 aromatic rings. The summed E-state index contributed by atoms with van der Waals surface area (Å²) in [4.78, 5) is 25.7. The molecule has 6 heteroatoms. The number of nitrogens with zero attached hydrogens (tertiary/aromatic N) is 1. The summed E-state index contributed by atoms with van der Waals surface area (Å²) in [6.45, 7) is 8.11. The van der Waals surface area contributed by atoms with Crippen LogP contribution < -0.4 is 14.4 Å². The van der Waals surface area contributed by atoms with Crippen molar-refractivity contribution in [1.82, 2.24) is 0 Å². The molecule has 0 radical (unpaired) electrons. The normalized spacial score (nSPS) is 23.4. The van der Waals surface area contributed by atoms with Crippen LogP contribution in [0.15, 0.2) is 12.1 Å². The first kappa shape index (κ1) is 23.4. The van der Waals surface area contributed by atoms with Crippen molar-refractivity contribution in [3.63, 3.8) is 0 Å². The molecule has 172 valence electrons. The minimum atomic E-state index is -0.340. The number of hydrogen-bond acceptors (Lipinski definition) is 6. The van der Waals surface area contributed by atoms with Crippen LogP contribution in [-0.2, 0) is 14.3 Å². The van der Waals surface area contributed by atoms with E-state index < -0.39 is 0 Å². The molecule has 0 bridgehead atoms. The van der Waals surface area contributed by atoms with E-state index in [0.717, 1.165) is 55.6 Å². The van der Waals surface area contributed by atoms with Crippen molar-refractivity contribution in [3.8, 4) is 11.5 Å². The van der Waals surface area contributed by atoms with E-state index in [1.54, 1.807) is 0 Å². The Labute approximate surface area is 186 Å². The number of hydrogen-bond donors (Lipinski definition) is 0. The highest BCUT2D eigenvalue weighted by Crippen LogP contribution is 2.51.